The molecule has 0 aliphatic carbocycles. The molecule has 1 aliphatic heterocycles. The highest BCUT2D eigenvalue weighted by molar-refractivity contribution is 5.92. The van der Waals surface area contributed by atoms with Crippen molar-refractivity contribution >= 4 is 5.91 Å². The predicted octanol–water partition coefficient (Wildman–Crippen LogP) is 3.58. The fourth-order valence-electron chi connectivity index (χ4n) is 3.19. The first-order valence-corrected chi connectivity index (χ1v) is 8.85. The molecule has 0 N–H and O–H groups in total. The van der Waals surface area contributed by atoms with E-state index in [2.05, 4.69) is 5.10 Å². The molecular weight excluding hydrogens is 359 g/mol. The van der Waals surface area contributed by atoms with Gasteiger partial charge >= 0.3 is 6.18 Å². The van der Waals surface area contributed by atoms with E-state index in [0.29, 0.717) is 18.8 Å². The molecule has 5 nitrogen and oxygen atoms in total. The zero-order valence-electron chi connectivity index (χ0n) is 14.9. The highest BCUT2D eigenvalue weighted by Crippen LogP contribution is 2.30. The van der Waals surface area contributed by atoms with E-state index < -0.39 is 23.1 Å². The van der Waals surface area contributed by atoms with Crippen LogP contribution in [0.15, 0.2) is 35.1 Å². The number of likely N-dealkylation sites (tertiary alicyclic amines) is 1. The summed E-state index contributed by atoms with van der Waals surface area (Å²) in [5.74, 6) is -0.470. The van der Waals surface area contributed by atoms with Crippen LogP contribution in [0.25, 0.3) is 5.69 Å². The van der Waals surface area contributed by atoms with Crippen molar-refractivity contribution in [3.05, 3.63) is 57.5 Å². The Labute approximate surface area is 154 Å². The van der Waals surface area contributed by atoms with Crippen LogP contribution in [-0.2, 0) is 6.18 Å². The van der Waals surface area contributed by atoms with E-state index in [4.69, 9.17) is 0 Å². The number of alkyl halides is 3. The number of nitrogens with zero attached hydrogens (tertiary/aromatic N) is 3. The third-order valence-electron chi connectivity index (χ3n) is 4.62. The second-order valence-electron chi connectivity index (χ2n) is 6.66. The zero-order chi connectivity index (χ0) is 19.6. The molecule has 1 aromatic heterocycles. The second-order valence-corrected chi connectivity index (χ2v) is 6.66. The van der Waals surface area contributed by atoms with E-state index in [9.17, 15) is 22.8 Å². The maximum atomic E-state index is 13.0. The Balaban J connectivity index is 2.02. The van der Waals surface area contributed by atoms with Crippen LogP contribution in [0.4, 0.5) is 13.2 Å². The van der Waals surface area contributed by atoms with E-state index in [0.717, 1.165) is 37.8 Å². The van der Waals surface area contributed by atoms with Crippen molar-refractivity contribution in [1.29, 1.82) is 0 Å². The molecule has 0 radical (unpaired) electrons. The summed E-state index contributed by atoms with van der Waals surface area (Å²) in [5.41, 5.74) is -1.11. The number of aryl methyl sites for hydroxylation is 1. The van der Waals surface area contributed by atoms with Gasteiger partial charge in [-0.25, -0.2) is 4.68 Å². The summed E-state index contributed by atoms with van der Waals surface area (Å²) in [6, 6.07) is 5.88. The summed E-state index contributed by atoms with van der Waals surface area (Å²) in [7, 11) is 0. The first kappa shape index (κ1) is 19.1. The molecule has 0 atom stereocenters. The number of carbonyl (C=O) groups excluding carboxylic acids is 1. The van der Waals surface area contributed by atoms with Gasteiger partial charge in [-0.3, -0.25) is 9.59 Å². The molecule has 3 rings (SSSR count). The summed E-state index contributed by atoms with van der Waals surface area (Å²) in [4.78, 5) is 26.7. The summed E-state index contributed by atoms with van der Waals surface area (Å²) >= 11 is 0. The molecule has 2 heterocycles. The Morgan fingerprint density at radius 3 is 2.37 bits per heavy atom. The summed E-state index contributed by atoms with van der Waals surface area (Å²) in [6.45, 7) is 2.67. The third kappa shape index (κ3) is 4.20. The average Bonchev–Trinajstić information content (AvgIpc) is 2.90. The Morgan fingerprint density at radius 2 is 1.74 bits per heavy atom. The van der Waals surface area contributed by atoms with Crippen molar-refractivity contribution < 1.29 is 18.0 Å². The van der Waals surface area contributed by atoms with Gasteiger partial charge in [0, 0.05) is 24.8 Å². The van der Waals surface area contributed by atoms with Crippen molar-refractivity contribution in [1.82, 2.24) is 14.7 Å². The van der Waals surface area contributed by atoms with Crippen LogP contribution in [0.2, 0.25) is 0 Å². The Hall–Kier alpha value is -2.64. The summed E-state index contributed by atoms with van der Waals surface area (Å²) in [5, 5.41) is 4.12. The van der Waals surface area contributed by atoms with Gasteiger partial charge in [0.2, 0.25) is 5.43 Å². The SMILES string of the molecule is Cc1cc(=O)c(C(=O)N2CCCCCC2)nn1-c1cccc(C(F)(F)F)c1. The smallest absolute Gasteiger partial charge is 0.337 e. The average molecular weight is 379 g/mol. The van der Waals surface area contributed by atoms with E-state index in [-0.39, 0.29) is 11.4 Å². The van der Waals surface area contributed by atoms with Gasteiger partial charge in [0.15, 0.2) is 5.69 Å². The predicted molar refractivity (Wildman–Crippen MR) is 93.9 cm³/mol. The first-order chi connectivity index (χ1) is 12.8. The van der Waals surface area contributed by atoms with Gasteiger partial charge in [0.1, 0.15) is 0 Å². The molecule has 1 saturated heterocycles. The van der Waals surface area contributed by atoms with E-state index in [1.165, 1.54) is 22.9 Å². The number of hydrogen-bond acceptors (Lipinski definition) is 3. The molecule has 27 heavy (non-hydrogen) atoms. The molecule has 0 bridgehead atoms. The largest absolute Gasteiger partial charge is 0.416 e. The van der Waals surface area contributed by atoms with Crippen molar-refractivity contribution in [3.8, 4) is 5.69 Å². The van der Waals surface area contributed by atoms with Gasteiger partial charge in [0.05, 0.1) is 11.3 Å². The number of amides is 1. The molecule has 1 fully saturated rings. The topological polar surface area (TPSA) is 55.2 Å². The lowest BCUT2D eigenvalue weighted by atomic mass is 10.2. The normalized spacial score (nSPS) is 15.5. The lowest BCUT2D eigenvalue weighted by Gasteiger charge is -2.20. The zero-order valence-corrected chi connectivity index (χ0v) is 14.9. The van der Waals surface area contributed by atoms with Crippen LogP contribution in [0.1, 0.15) is 47.4 Å². The van der Waals surface area contributed by atoms with E-state index in [1.807, 2.05) is 0 Å². The van der Waals surface area contributed by atoms with Gasteiger partial charge < -0.3 is 4.90 Å². The maximum Gasteiger partial charge on any atom is 0.416 e. The minimum atomic E-state index is -4.49. The molecule has 0 unspecified atom stereocenters. The monoisotopic (exact) mass is 379 g/mol. The summed E-state index contributed by atoms with van der Waals surface area (Å²) in [6.07, 6.45) is -0.717. The standard InChI is InChI=1S/C19H20F3N3O2/c1-13-11-16(26)17(18(27)24-9-4-2-3-5-10-24)23-25(13)15-8-6-7-14(12-15)19(20,21)22/h6-8,11-12H,2-5,9-10H2,1H3. The maximum absolute atomic E-state index is 13.0. The highest BCUT2D eigenvalue weighted by atomic mass is 19.4. The summed E-state index contributed by atoms with van der Waals surface area (Å²) < 4.78 is 40.2. The number of aromatic nitrogens is 2. The lowest BCUT2D eigenvalue weighted by molar-refractivity contribution is -0.137. The fraction of sp³-hybridized carbons (Fsp3) is 0.421. The van der Waals surface area contributed by atoms with Gasteiger partial charge in [-0.2, -0.15) is 18.3 Å². The molecule has 2 aromatic rings. The number of hydrogen-bond donors (Lipinski definition) is 0. The van der Waals surface area contributed by atoms with Crippen molar-refractivity contribution in [2.75, 3.05) is 13.1 Å². The van der Waals surface area contributed by atoms with Crippen molar-refractivity contribution in [2.45, 2.75) is 38.8 Å². The Morgan fingerprint density at radius 1 is 1.07 bits per heavy atom. The van der Waals surface area contributed by atoms with Crippen molar-refractivity contribution in [2.24, 2.45) is 0 Å². The van der Waals surface area contributed by atoms with Gasteiger partial charge in [-0.15, -0.1) is 0 Å². The van der Waals surface area contributed by atoms with Gasteiger partial charge in [-0.05, 0) is 38.0 Å². The van der Waals surface area contributed by atoms with Crippen LogP contribution < -0.4 is 5.43 Å². The quantitative estimate of drug-likeness (QED) is 0.802. The van der Waals surface area contributed by atoms with E-state index in [1.54, 1.807) is 11.8 Å². The van der Waals surface area contributed by atoms with E-state index >= 15 is 0 Å². The van der Waals surface area contributed by atoms with Crippen molar-refractivity contribution in [3.63, 3.8) is 0 Å². The van der Waals surface area contributed by atoms with Crippen LogP contribution in [-0.4, -0.2) is 33.7 Å². The molecule has 0 saturated carbocycles. The molecule has 0 spiro atoms. The number of benzene rings is 1. The number of rotatable bonds is 2. The van der Waals surface area contributed by atoms with Crippen LogP contribution in [0.3, 0.4) is 0 Å². The minimum Gasteiger partial charge on any atom is -0.337 e. The van der Waals surface area contributed by atoms with Crippen LogP contribution in [0, 0.1) is 6.92 Å². The Bertz CT molecular complexity index is 898. The molecule has 144 valence electrons. The van der Waals surface area contributed by atoms with Gasteiger partial charge in [0.25, 0.3) is 5.91 Å². The number of halogens is 3. The molecule has 8 heteroatoms. The second kappa shape index (κ2) is 7.54. The Kier molecular flexibility index (Phi) is 5.34. The molecule has 1 amide bonds. The fourth-order valence-corrected chi connectivity index (χ4v) is 3.19. The molecule has 1 aliphatic rings. The minimum absolute atomic E-state index is 0.146. The van der Waals surface area contributed by atoms with Crippen LogP contribution in [0.5, 0.6) is 0 Å². The number of carbonyl (C=O) groups is 1. The molecular formula is C19H20F3N3O2. The molecule has 1 aromatic carbocycles. The first-order valence-electron chi connectivity index (χ1n) is 8.85. The lowest BCUT2D eigenvalue weighted by Crippen LogP contribution is -2.37. The third-order valence-corrected chi connectivity index (χ3v) is 4.62. The van der Waals surface area contributed by atoms with Gasteiger partial charge in [-0.1, -0.05) is 18.9 Å². The van der Waals surface area contributed by atoms with Crippen LogP contribution >= 0.6 is 0 Å². The highest BCUT2D eigenvalue weighted by Gasteiger charge is 2.31.